The van der Waals surface area contributed by atoms with Gasteiger partial charge in [-0.25, -0.2) is 9.78 Å². The molecule has 2 aromatic rings. The number of hydrogen-bond acceptors (Lipinski definition) is 8. The molecule has 0 bridgehead atoms. The number of carbonyl (C=O) groups is 6. The second-order valence-corrected chi connectivity index (χ2v) is 8.70. The molecule has 0 saturated carbocycles. The lowest BCUT2D eigenvalue weighted by atomic mass is 10.0. The zero-order valence-corrected chi connectivity index (χ0v) is 20.8. The van der Waals surface area contributed by atoms with Crippen LogP contribution in [0.1, 0.15) is 30.5 Å². The molecule has 0 radical (unpaired) electrons. The molecule has 210 valence electrons. The highest BCUT2D eigenvalue weighted by Gasteiger charge is 2.31. The fourth-order valence-corrected chi connectivity index (χ4v) is 3.54. The van der Waals surface area contributed by atoms with Crippen LogP contribution < -0.4 is 27.4 Å². The number of aromatic nitrogens is 2. The van der Waals surface area contributed by atoms with Crippen molar-refractivity contribution in [3.63, 3.8) is 0 Å². The molecular weight excluding hydrogens is 514 g/mol. The SMILES string of the molecule is NC(=O)CCC(NC(=O)C(Cc1cnc[nH]1)NC(=O)C(N)CC(=O)O)C(=O)NC(Cc1ccccc1)C(=O)O. The predicted octanol–water partition coefficient (Wildman–Crippen LogP) is -2.20. The third-order valence-electron chi connectivity index (χ3n) is 5.55. The minimum absolute atomic E-state index is 0.0433. The van der Waals surface area contributed by atoms with Crippen LogP contribution in [0.4, 0.5) is 0 Å². The number of imidazole rings is 1. The number of aromatic amines is 1. The summed E-state index contributed by atoms with van der Waals surface area (Å²) in [6, 6.07) is 3.02. The summed E-state index contributed by atoms with van der Waals surface area (Å²) in [5.41, 5.74) is 11.9. The number of hydrogen-bond donors (Lipinski definition) is 8. The minimum atomic E-state index is -1.46. The average molecular weight is 546 g/mol. The van der Waals surface area contributed by atoms with Gasteiger partial charge in [0, 0.05) is 31.2 Å². The van der Waals surface area contributed by atoms with Gasteiger partial charge in [-0.3, -0.25) is 24.0 Å². The second-order valence-electron chi connectivity index (χ2n) is 8.70. The summed E-state index contributed by atoms with van der Waals surface area (Å²) in [5, 5.41) is 25.7. The van der Waals surface area contributed by atoms with Crippen molar-refractivity contribution in [1.82, 2.24) is 25.9 Å². The molecule has 4 unspecified atom stereocenters. The smallest absolute Gasteiger partial charge is 0.326 e. The van der Waals surface area contributed by atoms with E-state index in [2.05, 4.69) is 25.9 Å². The number of rotatable bonds is 16. The van der Waals surface area contributed by atoms with Crippen molar-refractivity contribution in [1.29, 1.82) is 0 Å². The van der Waals surface area contributed by atoms with E-state index in [9.17, 15) is 33.9 Å². The van der Waals surface area contributed by atoms with E-state index in [1.807, 2.05) is 0 Å². The first-order valence-corrected chi connectivity index (χ1v) is 11.9. The Kier molecular flexibility index (Phi) is 11.6. The zero-order valence-electron chi connectivity index (χ0n) is 20.8. The van der Waals surface area contributed by atoms with E-state index in [0.29, 0.717) is 11.3 Å². The van der Waals surface area contributed by atoms with Crippen molar-refractivity contribution in [3.8, 4) is 0 Å². The maximum Gasteiger partial charge on any atom is 0.326 e. The molecule has 10 N–H and O–H groups in total. The number of benzene rings is 1. The summed E-state index contributed by atoms with van der Waals surface area (Å²) in [6.07, 6.45) is 1.30. The van der Waals surface area contributed by atoms with Gasteiger partial charge in [-0.15, -0.1) is 0 Å². The molecule has 15 heteroatoms. The molecule has 0 aliphatic rings. The third-order valence-corrected chi connectivity index (χ3v) is 5.55. The van der Waals surface area contributed by atoms with E-state index in [1.165, 1.54) is 12.5 Å². The van der Waals surface area contributed by atoms with Crippen LogP contribution in [0.15, 0.2) is 42.9 Å². The van der Waals surface area contributed by atoms with Crippen LogP contribution in [0.2, 0.25) is 0 Å². The third kappa shape index (κ3) is 10.6. The van der Waals surface area contributed by atoms with Gasteiger partial charge in [0.05, 0.1) is 18.8 Å². The molecule has 4 atom stereocenters. The summed E-state index contributed by atoms with van der Waals surface area (Å²) in [7, 11) is 0. The Hall–Kier alpha value is -4.79. The lowest BCUT2D eigenvalue weighted by Crippen LogP contribution is -2.58. The van der Waals surface area contributed by atoms with Crippen LogP contribution in [0.3, 0.4) is 0 Å². The molecule has 1 aromatic heterocycles. The molecule has 0 aliphatic carbocycles. The van der Waals surface area contributed by atoms with Crippen molar-refractivity contribution >= 4 is 35.6 Å². The van der Waals surface area contributed by atoms with Crippen molar-refractivity contribution in [3.05, 3.63) is 54.1 Å². The van der Waals surface area contributed by atoms with Gasteiger partial charge in [0.1, 0.15) is 18.1 Å². The zero-order chi connectivity index (χ0) is 28.9. The first-order valence-electron chi connectivity index (χ1n) is 11.9. The Morgan fingerprint density at radius 2 is 1.49 bits per heavy atom. The number of aliphatic carboxylic acids is 2. The molecule has 1 aromatic carbocycles. The van der Waals surface area contributed by atoms with Gasteiger partial charge in [-0.2, -0.15) is 0 Å². The van der Waals surface area contributed by atoms with Crippen LogP contribution >= 0.6 is 0 Å². The average Bonchev–Trinajstić information content (AvgIpc) is 3.38. The molecule has 0 fully saturated rings. The van der Waals surface area contributed by atoms with Crippen molar-refractivity contribution < 1.29 is 39.0 Å². The number of nitrogens with zero attached hydrogens (tertiary/aromatic N) is 1. The number of carboxylic acid groups (broad SMARTS) is 2. The van der Waals surface area contributed by atoms with Gasteiger partial charge in [-0.05, 0) is 12.0 Å². The molecule has 0 saturated heterocycles. The summed E-state index contributed by atoms with van der Waals surface area (Å²) >= 11 is 0. The number of nitrogens with one attached hydrogen (secondary N) is 4. The van der Waals surface area contributed by atoms with E-state index < -0.39 is 66.2 Å². The Morgan fingerprint density at radius 3 is 2.05 bits per heavy atom. The molecule has 0 aliphatic heterocycles. The predicted molar refractivity (Wildman–Crippen MR) is 135 cm³/mol. The fraction of sp³-hybridized carbons (Fsp3) is 0.375. The molecule has 1 heterocycles. The van der Waals surface area contributed by atoms with Crippen molar-refractivity contribution in [2.45, 2.75) is 56.3 Å². The maximum atomic E-state index is 13.2. The number of nitrogens with two attached hydrogens (primary N) is 2. The second kappa shape index (κ2) is 14.8. The normalized spacial score (nSPS) is 13.8. The fourth-order valence-electron chi connectivity index (χ4n) is 3.54. The molecule has 0 spiro atoms. The van der Waals surface area contributed by atoms with Gasteiger partial charge in [0.15, 0.2) is 0 Å². The van der Waals surface area contributed by atoms with Crippen LogP contribution in [0.25, 0.3) is 0 Å². The lowest BCUT2D eigenvalue weighted by molar-refractivity contribution is -0.142. The Labute approximate surface area is 222 Å². The number of carboxylic acids is 2. The van der Waals surface area contributed by atoms with Crippen LogP contribution in [0, 0.1) is 0 Å². The van der Waals surface area contributed by atoms with E-state index in [0.717, 1.165) is 0 Å². The van der Waals surface area contributed by atoms with Crippen LogP contribution in [-0.2, 0) is 41.6 Å². The quantitative estimate of drug-likeness (QED) is 0.113. The topological polar surface area (TPSA) is 260 Å². The number of carbonyl (C=O) groups excluding carboxylic acids is 4. The standard InChI is InChI=1S/C24H31N7O8/c25-15(10-20(33)34)21(35)30-17(9-14-11-27-12-28-14)23(37)29-16(6-7-19(26)32)22(36)31-18(24(38)39)8-13-4-2-1-3-5-13/h1-5,11-12,15-18H,6-10,25H2,(H2,26,32)(H,27,28)(H,29,37)(H,30,35)(H,31,36)(H,33,34)(H,38,39). The monoisotopic (exact) mass is 545 g/mol. The molecule has 15 nitrogen and oxygen atoms in total. The van der Waals surface area contributed by atoms with E-state index in [4.69, 9.17) is 16.6 Å². The van der Waals surface area contributed by atoms with E-state index in [-0.39, 0.29) is 25.7 Å². The summed E-state index contributed by atoms with van der Waals surface area (Å²) in [4.78, 5) is 79.4. The van der Waals surface area contributed by atoms with Crippen LogP contribution in [0.5, 0.6) is 0 Å². The Bertz CT molecular complexity index is 1160. The summed E-state index contributed by atoms with van der Waals surface area (Å²) in [5.74, 6) is -6.09. The van der Waals surface area contributed by atoms with E-state index in [1.54, 1.807) is 30.3 Å². The first kappa shape index (κ1) is 30.4. The minimum Gasteiger partial charge on any atom is -0.481 e. The van der Waals surface area contributed by atoms with E-state index >= 15 is 0 Å². The largest absolute Gasteiger partial charge is 0.481 e. The summed E-state index contributed by atoms with van der Waals surface area (Å²) < 4.78 is 0. The number of primary amides is 1. The molecule has 39 heavy (non-hydrogen) atoms. The van der Waals surface area contributed by atoms with Gasteiger partial charge >= 0.3 is 11.9 Å². The van der Waals surface area contributed by atoms with Crippen molar-refractivity contribution in [2.24, 2.45) is 11.5 Å². The highest BCUT2D eigenvalue weighted by molar-refractivity contribution is 5.95. The highest BCUT2D eigenvalue weighted by Crippen LogP contribution is 2.07. The maximum absolute atomic E-state index is 13.2. The molecule has 2 rings (SSSR count). The van der Waals surface area contributed by atoms with Crippen molar-refractivity contribution in [2.75, 3.05) is 0 Å². The molecule has 4 amide bonds. The number of amides is 4. The van der Waals surface area contributed by atoms with Gasteiger partial charge in [0.2, 0.25) is 23.6 Å². The summed E-state index contributed by atoms with van der Waals surface area (Å²) in [6.45, 7) is 0. The highest BCUT2D eigenvalue weighted by atomic mass is 16.4. The Morgan fingerprint density at radius 1 is 0.872 bits per heavy atom. The van der Waals surface area contributed by atoms with Crippen LogP contribution in [-0.4, -0.2) is 79.9 Å². The molecular formula is C24H31N7O8. The van der Waals surface area contributed by atoms with Gasteiger partial charge in [-0.1, -0.05) is 30.3 Å². The van der Waals surface area contributed by atoms with Gasteiger partial charge in [0.25, 0.3) is 0 Å². The first-order chi connectivity index (χ1) is 18.5. The lowest BCUT2D eigenvalue weighted by Gasteiger charge is -2.25. The van der Waals surface area contributed by atoms with Gasteiger partial charge < -0.3 is 42.6 Å². The Balaban J connectivity index is 2.21. The number of H-pyrrole nitrogens is 1.